The van der Waals surface area contributed by atoms with Crippen LogP contribution in [0.1, 0.15) is 11.3 Å². The molecule has 5 heteroatoms. The lowest BCUT2D eigenvalue weighted by molar-refractivity contribution is -0.136. The zero-order valence-electron chi connectivity index (χ0n) is 7.04. The molecule has 72 valence electrons. The summed E-state index contributed by atoms with van der Waals surface area (Å²) in [4.78, 5) is 10.3. The van der Waals surface area contributed by atoms with E-state index in [1.165, 1.54) is 7.11 Å². The number of methoxy groups -OCH3 is 1. The van der Waals surface area contributed by atoms with Gasteiger partial charge in [-0.25, -0.2) is 0 Å². The van der Waals surface area contributed by atoms with E-state index in [2.05, 4.69) is 0 Å². The van der Waals surface area contributed by atoms with Crippen LogP contribution in [0, 0.1) is 0 Å². The van der Waals surface area contributed by atoms with Gasteiger partial charge in [-0.05, 0) is 17.7 Å². The Labute approximate surface area is 80.1 Å². The van der Waals surface area contributed by atoms with Gasteiger partial charge in [0.2, 0.25) is 0 Å². The van der Waals surface area contributed by atoms with Gasteiger partial charge < -0.3 is 14.3 Å². The fourth-order valence-corrected chi connectivity index (χ4v) is 1.16. The number of hydrogen-bond acceptors (Lipinski definition) is 3. The van der Waals surface area contributed by atoms with Crippen LogP contribution >= 0.6 is 11.6 Å². The molecule has 4 nitrogen and oxygen atoms in total. The Morgan fingerprint density at radius 1 is 1.77 bits per heavy atom. The summed E-state index contributed by atoms with van der Waals surface area (Å²) in [6.45, 7) is 0.321. The standard InChI is InChI=1S/C8H9ClO4/c1-12-4-5-2-6(3-7(10)11)13-8(5)9/h2H,3-4H2,1H3,(H,10,11). The molecule has 1 heterocycles. The Morgan fingerprint density at radius 3 is 3.00 bits per heavy atom. The van der Waals surface area contributed by atoms with Crippen LogP contribution in [0.2, 0.25) is 5.22 Å². The lowest BCUT2D eigenvalue weighted by atomic mass is 10.3. The molecule has 0 aliphatic heterocycles. The Hall–Kier alpha value is -1.00. The summed E-state index contributed by atoms with van der Waals surface area (Å²) in [5.41, 5.74) is 0.667. The largest absolute Gasteiger partial charge is 0.481 e. The molecule has 0 atom stereocenters. The molecular formula is C8H9ClO4. The molecule has 1 rings (SSSR count). The number of rotatable bonds is 4. The summed E-state index contributed by atoms with van der Waals surface area (Å²) in [5.74, 6) is -0.612. The normalized spacial score (nSPS) is 10.3. The van der Waals surface area contributed by atoms with Crippen LogP contribution in [0.25, 0.3) is 0 Å². The first-order valence-corrected chi connectivity index (χ1v) is 3.99. The molecule has 0 aromatic carbocycles. The molecule has 1 aromatic heterocycles. The molecule has 0 fully saturated rings. The molecule has 0 spiro atoms. The summed E-state index contributed by atoms with van der Waals surface area (Å²) in [6, 6.07) is 1.58. The first-order chi connectivity index (χ1) is 6.13. The number of carboxylic acids is 1. The first-order valence-electron chi connectivity index (χ1n) is 3.61. The molecule has 0 aliphatic carbocycles. The van der Waals surface area contributed by atoms with Gasteiger partial charge in [0.05, 0.1) is 6.61 Å². The summed E-state index contributed by atoms with van der Waals surface area (Å²) in [5, 5.41) is 8.66. The second-order valence-corrected chi connectivity index (χ2v) is 2.86. The van der Waals surface area contributed by atoms with E-state index in [1.807, 2.05) is 0 Å². The second-order valence-electron chi connectivity index (χ2n) is 2.52. The SMILES string of the molecule is COCc1cc(CC(=O)O)oc1Cl. The van der Waals surface area contributed by atoms with E-state index in [9.17, 15) is 4.79 Å². The number of aliphatic carboxylic acids is 1. The van der Waals surface area contributed by atoms with E-state index in [4.69, 9.17) is 25.9 Å². The van der Waals surface area contributed by atoms with Crippen molar-refractivity contribution in [2.45, 2.75) is 13.0 Å². The van der Waals surface area contributed by atoms with Crippen molar-refractivity contribution in [1.29, 1.82) is 0 Å². The van der Waals surface area contributed by atoms with Crippen molar-refractivity contribution < 1.29 is 19.1 Å². The number of furan rings is 1. The molecule has 13 heavy (non-hydrogen) atoms. The van der Waals surface area contributed by atoms with Crippen LogP contribution in [-0.2, 0) is 22.6 Å². The molecule has 0 unspecified atom stereocenters. The van der Waals surface area contributed by atoms with Crippen molar-refractivity contribution >= 4 is 17.6 Å². The van der Waals surface area contributed by atoms with Gasteiger partial charge in [0.1, 0.15) is 12.2 Å². The molecule has 0 aliphatic rings. The van der Waals surface area contributed by atoms with Crippen LogP contribution in [0.15, 0.2) is 10.5 Å². The predicted molar refractivity (Wildman–Crippen MR) is 45.8 cm³/mol. The van der Waals surface area contributed by atoms with Gasteiger partial charge in [-0.2, -0.15) is 0 Å². The summed E-state index contributed by atoms with van der Waals surface area (Å²) < 4.78 is 9.82. The molecule has 0 bridgehead atoms. The topological polar surface area (TPSA) is 59.7 Å². The maximum atomic E-state index is 10.3. The van der Waals surface area contributed by atoms with E-state index in [-0.39, 0.29) is 11.6 Å². The number of carbonyl (C=O) groups is 1. The van der Waals surface area contributed by atoms with Gasteiger partial charge in [0.25, 0.3) is 0 Å². The minimum Gasteiger partial charge on any atom is -0.481 e. The Balaban J connectivity index is 2.76. The van der Waals surface area contributed by atoms with Crippen molar-refractivity contribution in [3.05, 3.63) is 22.6 Å². The Kier molecular flexibility index (Phi) is 3.33. The summed E-state index contributed by atoms with van der Waals surface area (Å²) >= 11 is 5.67. The van der Waals surface area contributed by atoms with E-state index in [0.717, 1.165) is 0 Å². The molecule has 0 radical (unpaired) electrons. The smallest absolute Gasteiger partial charge is 0.311 e. The highest BCUT2D eigenvalue weighted by Gasteiger charge is 2.11. The average Bonchev–Trinajstić information content (AvgIpc) is 2.31. The van der Waals surface area contributed by atoms with Crippen molar-refractivity contribution in [3.8, 4) is 0 Å². The third kappa shape index (κ3) is 2.75. The molecule has 0 saturated heterocycles. The predicted octanol–water partition coefficient (Wildman–Crippen LogP) is 1.71. The average molecular weight is 205 g/mol. The van der Waals surface area contributed by atoms with Crippen LogP contribution < -0.4 is 0 Å². The van der Waals surface area contributed by atoms with E-state index in [1.54, 1.807) is 6.07 Å². The van der Waals surface area contributed by atoms with Crippen LogP contribution in [0.4, 0.5) is 0 Å². The molecular weight excluding hydrogens is 196 g/mol. The third-order valence-electron chi connectivity index (χ3n) is 1.43. The lowest BCUT2D eigenvalue weighted by Crippen LogP contribution is -1.98. The third-order valence-corrected chi connectivity index (χ3v) is 1.75. The molecule has 0 saturated carbocycles. The molecule has 0 amide bonds. The van der Waals surface area contributed by atoms with Gasteiger partial charge in [-0.1, -0.05) is 0 Å². The quantitative estimate of drug-likeness (QED) is 0.811. The zero-order chi connectivity index (χ0) is 9.84. The van der Waals surface area contributed by atoms with Gasteiger partial charge >= 0.3 is 5.97 Å². The first kappa shape index (κ1) is 10.1. The van der Waals surface area contributed by atoms with Crippen LogP contribution in [0.3, 0.4) is 0 Å². The number of ether oxygens (including phenoxy) is 1. The lowest BCUT2D eigenvalue weighted by Gasteiger charge is -1.91. The number of halogens is 1. The van der Waals surface area contributed by atoms with Crippen molar-refractivity contribution in [2.24, 2.45) is 0 Å². The van der Waals surface area contributed by atoms with Gasteiger partial charge in [0, 0.05) is 12.7 Å². The second kappa shape index (κ2) is 4.30. The fourth-order valence-electron chi connectivity index (χ4n) is 0.951. The number of carboxylic acid groups (broad SMARTS) is 1. The monoisotopic (exact) mass is 204 g/mol. The highest BCUT2D eigenvalue weighted by atomic mass is 35.5. The maximum Gasteiger partial charge on any atom is 0.311 e. The molecule has 1 aromatic rings. The van der Waals surface area contributed by atoms with Crippen molar-refractivity contribution in [2.75, 3.05) is 7.11 Å². The molecule has 1 N–H and O–H groups in total. The summed E-state index contributed by atoms with van der Waals surface area (Å²) in [6.07, 6.45) is -0.163. The van der Waals surface area contributed by atoms with Gasteiger partial charge in [-0.15, -0.1) is 0 Å². The zero-order valence-corrected chi connectivity index (χ0v) is 7.80. The minimum absolute atomic E-state index is 0.163. The maximum absolute atomic E-state index is 10.3. The minimum atomic E-state index is -0.950. The van der Waals surface area contributed by atoms with Crippen molar-refractivity contribution in [1.82, 2.24) is 0 Å². The van der Waals surface area contributed by atoms with Crippen LogP contribution in [-0.4, -0.2) is 18.2 Å². The Bertz CT molecular complexity index is 305. The fraction of sp³-hybridized carbons (Fsp3) is 0.375. The van der Waals surface area contributed by atoms with Gasteiger partial charge in [-0.3, -0.25) is 4.79 Å². The highest BCUT2D eigenvalue weighted by molar-refractivity contribution is 6.29. The summed E-state index contributed by atoms with van der Waals surface area (Å²) in [7, 11) is 1.53. The van der Waals surface area contributed by atoms with E-state index in [0.29, 0.717) is 17.9 Å². The van der Waals surface area contributed by atoms with Crippen molar-refractivity contribution in [3.63, 3.8) is 0 Å². The van der Waals surface area contributed by atoms with Crippen LogP contribution in [0.5, 0.6) is 0 Å². The number of hydrogen-bond donors (Lipinski definition) is 1. The highest BCUT2D eigenvalue weighted by Crippen LogP contribution is 2.21. The van der Waals surface area contributed by atoms with E-state index < -0.39 is 5.97 Å². The Morgan fingerprint density at radius 2 is 2.46 bits per heavy atom. The van der Waals surface area contributed by atoms with E-state index >= 15 is 0 Å². The van der Waals surface area contributed by atoms with Gasteiger partial charge in [0.15, 0.2) is 5.22 Å².